The van der Waals surface area contributed by atoms with Gasteiger partial charge in [0, 0.05) is 31.7 Å². The van der Waals surface area contributed by atoms with E-state index in [4.69, 9.17) is 0 Å². The van der Waals surface area contributed by atoms with Crippen molar-refractivity contribution in [3.63, 3.8) is 0 Å². The largest absolute Gasteiger partial charge is 0.357 e. The van der Waals surface area contributed by atoms with E-state index in [1.807, 2.05) is 6.07 Å². The highest BCUT2D eigenvalue weighted by Gasteiger charge is 2.18. The second kappa shape index (κ2) is 14.4. The minimum absolute atomic E-state index is 0.0383. The molecule has 2 aromatic heterocycles. The standard InChI is InChI=1S/C27H40N6O/c1-3-17-32(18-4-2)19-6-5-13-28-20-23-9-11-24(12-10-23)21-33(22-26-30-15-16-31-26)27(34)25-8-7-14-29-25/h7-12,14-16,28-29H,3-6,13,17-22H2,1-2H3,(H,30,31). The molecule has 0 saturated carbocycles. The summed E-state index contributed by atoms with van der Waals surface area (Å²) < 4.78 is 0. The van der Waals surface area contributed by atoms with E-state index in [1.165, 1.54) is 50.9 Å². The topological polar surface area (TPSA) is 80.0 Å². The molecule has 0 radical (unpaired) electrons. The zero-order chi connectivity index (χ0) is 24.0. The van der Waals surface area contributed by atoms with Crippen molar-refractivity contribution < 1.29 is 4.79 Å². The Bertz CT molecular complexity index is 915. The first-order valence-corrected chi connectivity index (χ1v) is 12.6. The molecule has 34 heavy (non-hydrogen) atoms. The van der Waals surface area contributed by atoms with E-state index in [-0.39, 0.29) is 5.91 Å². The molecule has 1 aromatic carbocycles. The van der Waals surface area contributed by atoms with Gasteiger partial charge < -0.3 is 25.1 Å². The number of aromatic amines is 2. The lowest BCUT2D eigenvalue weighted by atomic mass is 10.1. The monoisotopic (exact) mass is 464 g/mol. The summed E-state index contributed by atoms with van der Waals surface area (Å²) in [5.74, 6) is 0.733. The first-order chi connectivity index (χ1) is 16.7. The Kier molecular flexibility index (Phi) is 10.9. The van der Waals surface area contributed by atoms with E-state index in [9.17, 15) is 4.79 Å². The molecule has 7 heteroatoms. The normalized spacial score (nSPS) is 11.3. The van der Waals surface area contributed by atoms with Gasteiger partial charge in [-0.3, -0.25) is 4.79 Å². The van der Waals surface area contributed by atoms with Crippen molar-refractivity contribution in [2.75, 3.05) is 26.2 Å². The van der Waals surface area contributed by atoms with Gasteiger partial charge in [0.15, 0.2) is 0 Å². The fourth-order valence-corrected chi connectivity index (χ4v) is 4.17. The molecule has 0 bridgehead atoms. The first-order valence-electron chi connectivity index (χ1n) is 12.6. The molecule has 1 amide bonds. The van der Waals surface area contributed by atoms with Crippen LogP contribution in [-0.4, -0.2) is 56.8 Å². The molecule has 0 atom stereocenters. The van der Waals surface area contributed by atoms with Crippen LogP contribution in [0.3, 0.4) is 0 Å². The number of carbonyl (C=O) groups excluding carboxylic acids is 1. The molecule has 3 aromatic rings. The van der Waals surface area contributed by atoms with Gasteiger partial charge in [0.1, 0.15) is 11.5 Å². The highest BCUT2D eigenvalue weighted by molar-refractivity contribution is 5.92. The Morgan fingerprint density at radius 2 is 1.68 bits per heavy atom. The van der Waals surface area contributed by atoms with Crippen LogP contribution in [0.4, 0.5) is 0 Å². The van der Waals surface area contributed by atoms with Gasteiger partial charge in [0.2, 0.25) is 0 Å². The Morgan fingerprint density at radius 3 is 2.32 bits per heavy atom. The van der Waals surface area contributed by atoms with Gasteiger partial charge in [-0.2, -0.15) is 0 Å². The molecule has 7 nitrogen and oxygen atoms in total. The number of nitrogens with zero attached hydrogens (tertiary/aromatic N) is 3. The lowest BCUT2D eigenvalue weighted by Gasteiger charge is -2.21. The van der Waals surface area contributed by atoms with E-state index in [0.29, 0.717) is 18.8 Å². The zero-order valence-corrected chi connectivity index (χ0v) is 20.7. The lowest BCUT2D eigenvalue weighted by Crippen LogP contribution is -2.30. The van der Waals surface area contributed by atoms with Gasteiger partial charge in [-0.1, -0.05) is 38.1 Å². The molecule has 0 aliphatic carbocycles. The number of rotatable bonds is 16. The number of H-pyrrole nitrogens is 2. The van der Waals surface area contributed by atoms with Crippen LogP contribution >= 0.6 is 0 Å². The number of carbonyl (C=O) groups is 1. The summed E-state index contributed by atoms with van der Waals surface area (Å²) in [5.41, 5.74) is 2.94. The van der Waals surface area contributed by atoms with Crippen LogP contribution in [0.25, 0.3) is 0 Å². The molecule has 0 aliphatic rings. The third-order valence-electron chi connectivity index (χ3n) is 5.89. The summed E-state index contributed by atoms with van der Waals surface area (Å²) in [5, 5.41) is 3.57. The molecule has 3 rings (SSSR count). The molecular weight excluding hydrogens is 424 g/mol. The maximum atomic E-state index is 13.0. The summed E-state index contributed by atoms with van der Waals surface area (Å²) in [6, 6.07) is 12.2. The van der Waals surface area contributed by atoms with Crippen molar-refractivity contribution in [3.8, 4) is 0 Å². The van der Waals surface area contributed by atoms with Crippen molar-refractivity contribution in [2.24, 2.45) is 0 Å². The number of hydrogen-bond acceptors (Lipinski definition) is 4. The third kappa shape index (κ3) is 8.47. The number of benzene rings is 1. The Balaban J connectivity index is 1.44. The maximum absolute atomic E-state index is 13.0. The minimum Gasteiger partial charge on any atom is -0.357 e. The summed E-state index contributed by atoms with van der Waals surface area (Å²) in [7, 11) is 0. The fraction of sp³-hybridized carbons (Fsp3) is 0.481. The number of nitrogens with one attached hydrogen (secondary N) is 3. The predicted octanol–water partition coefficient (Wildman–Crippen LogP) is 4.57. The molecule has 0 unspecified atom stereocenters. The van der Waals surface area contributed by atoms with Gasteiger partial charge in [0.25, 0.3) is 5.91 Å². The van der Waals surface area contributed by atoms with Crippen LogP contribution in [0.1, 0.15) is 67.0 Å². The molecule has 0 fully saturated rings. The third-order valence-corrected chi connectivity index (χ3v) is 5.89. The average molecular weight is 465 g/mol. The van der Waals surface area contributed by atoms with Crippen LogP contribution in [0.15, 0.2) is 55.0 Å². The quantitative estimate of drug-likeness (QED) is 0.271. The zero-order valence-electron chi connectivity index (χ0n) is 20.7. The summed E-state index contributed by atoms with van der Waals surface area (Å²) in [6.45, 7) is 11.0. The van der Waals surface area contributed by atoms with E-state index < -0.39 is 0 Å². The second-order valence-corrected chi connectivity index (χ2v) is 8.82. The molecule has 2 heterocycles. The van der Waals surface area contributed by atoms with Crippen LogP contribution in [-0.2, 0) is 19.6 Å². The smallest absolute Gasteiger partial charge is 0.270 e. The van der Waals surface area contributed by atoms with Crippen molar-refractivity contribution >= 4 is 5.91 Å². The van der Waals surface area contributed by atoms with Crippen molar-refractivity contribution in [2.45, 2.75) is 59.2 Å². The van der Waals surface area contributed by atoms with Gasteiger partial charge in [-0.15, -0.1) is 0 Å². The number of unbranched alkanes of at least 4 members (excludes halogenated alkanes) is 1. The molecule has 184 valence electrons. The molecular formula is C27H40N6O. The summed E-state index contributed by atoms with van der Waals surface area (Å²) in [4.78, 5) is 27.8. The summed E-state index contributed by atoms with van der Waals surface area (Å²) in [6.07, 6.45) is 10.2. The predicted molar refractivity (Wildman–Crippen MR) is 137 cm³/mol. The molecule has 3 N–H and O–H groups in total. The maximum Gasteiger partial charge on any atom is 0.270 e. The molecule has 0 spiro atoms. The van der Waals surface area contributed by atoms with E-state index >= 15 is 0 Å². The number of hydrogen-bond donors (Lipinski definition) is 3. The van der Waals surface area contributed by atoms with E-state index in [1.54, 1.807) is 29.6 Å². The highest BCUT2D eigenvalue weighted by Crippen LogP contribution is 2.13. The van der Waals surface area contributed by atoms with Crippen molar-refractivity contribution in [1.82, 2.24) is 30.1 Å². The lowest BCUT2D eigenvalue weighted by molar-refractivity contribution is 0.0720. The fourth-order valence-electron chi connectivity index (χ4n) is 4.17. The van der Waals surface area contributed by atoms with E-state index in [2.05, 4.69) is 63.3 Å². The number of imidazole rings is 1. The Labute approximate surface area is 204 Å². The highest BCUT2D eigenvalue weighted by atomic mass is 16.2. The first kappa shape index (κ1) is 25.7. The van der Waals surface area contributed by atoms with Crippen molar-refractivity contribution in [3.05, 3.63) is 77.6 Å². The second-order valence-electron chi connectivity index (χ2n) is 8.82. The van der Waals surface area contributed by atoms with Crippen LogP contribution in [0, 0.1) is 0 Å². The average Bonchev–Trinajstić information content (AvgIpc) is 3.56. The van der Waals surface area contributed by atoms with Gasteiger partial charge in [-0.05, 0) is 75.1 Å². The number of amides is 1. The molecule has 0 aliphatic heterocycles. The van der Waals surface area contributed by atoms with Gasteiger partial charge >= 0.3 is 0 Å². The molecule has 0 saturated heterocycles. The van der Waals surface area contributed by atoms with E-state index in [0.717, 1.165) is 24.5 Å². The van der Waals surface area contributed by atoms with Crippen LogP contribution in [0.2, 0.25) is 0 Å². The summed E-state index contributed by atoms with van der Waals surface area (Å²) >= 11 is 0. The Hall–Kier alpha value is -2.90. The number of aromatic nitrogens is 3. The van der Waals surface area contributed by atoms with Gasteiger partial charge in [0.05, 0.1) is 6.54 Å². The minimum atomic E-state index is -0.0383. The van der Waals surface area contributed by atoms with Crippen LogP contribution in [0.5, 0.6) is 0 Å². The van der Waals surface area contributed by atoms with Gasteiger partial charge in [-0.25, -0.2) is 4.98 Å². The SMILES string of the molecule is CCCN(CCC)CCCCNCc1ccc(CN(Cc2ncc[nH]2)C(=O)c2ccc[nH]2)cc1. The van der Waals surface area contributed by atoms with Crippen LogP contribution < -0.4 is 5.32 Å². The Morgan fingerprint density at radius 1 is 0.912 bits per heavy atom. The van der Waals surface area contributed by atoms with Crippen molar-refractivity contribution in [1.29, 1.82) is 0 Å².